The van der Waals surface area contributed by atoms with Crippen LogP contribution in [0, 0.1) is 0 Å². The molecule has 1 aliphatic rings. The van der Waals surface area contributed by atoms with E-state index in [0.717, 1.165) is 17.5 Å². The van der Waals surface area contributed by atoms with Crippen molar-refractivity contribution in [1.29, 1.82) is 0 Å². The SMILES string of the molecule is COCCO[C@H]1Cc2ccccc2[C@@H]1NC(=O)O. The minimum absolute atomic E-state index is 0.159. The molecule has 98 valence electrons. The van der Waals surface area contributed by atoms with Gasteiger partial charge < -0.3 is 19.9 Å². The standard InChI is InChI=1S/C13H17NO4/c1-17-6-7-18-11-8-9-4-2-3-5-10(9)12(11)14-13(15)16/h2-5,11-12,14H,6-8H2,1H3,(H,15,16)/t11-,12-/m0/s1. The summed E-state index contributed by atoms with van der Waals surface area (Å²) in [5.74, 6) is 0. The van der Waals surface area contributed by atoms with Crippen LogP contribution in [0.15, 0.2) is 24.3 Å². The van der Waals surface area contributed by atoms with Crippen molar-refractivity contribution in [2.75, 3.05) is 20.3 Å². The number of nitrogens with one attached hydrogen (secondary N) is 1. The highest BCUT2D eigenvalue weighted by Crippen LogP contribution is 2.33. The largest absolute Gasteiger partial charge is 0.465 e. The van der Waals surface area contributed by atoms with Gasteiger partial charge in [0.25, 0.3) is 0 Å². The van der Waals surface area contributed by atoms with Crippen LogP contribution in [0.4, 0.5) is 4.79 Å². The summed E-state index contributed by atoms with van der Waals surface area (Å²) in [6, 6.07) is 7.51. The molecule has 2 N–H and O–H groups in total. The number of methoxy groups -OCH3 is 1. The van der Waals surface area contributed by atoms with Gasteiger partial charge in [-0.05, 0) is 11.1 Å². The highest BCUT2D eigenvalue weighted by Gasteiger charge is 2.33. The fourth-order valence-electron chi connectivity index (χ4n) is 2.30. The Hall–Kier alpha value is -1.59. The zero-order chi connectivity index (χ0) is 13.0. The van der Waals surface area contributed by atoms with Gasteiger partial charge in [0.05, 0.1) is 25.4 Å². The highest BCUT2D eigenvalue weighted by molar-refractivity contribution is 5.66. The summed E-state index contributed by atoms with van der Waals surface area (Å²) in [7, 11) is 1.61. The first kappa shape index (κ1) is 12.9. The molecule has 0 spiro atoms. The van der Waals surface area contributed by atoms with E-state index < -0.39 is 6.09 Å². The van der Waals surface area contributed by atoms with Gasteiger partial charge in [-0.2, -0.15) is 0 Å². The van der Waals surface area contributed by atoms with Crippen LogP contribution in [-0.2, 0) is 15.9 Å². The number of hydrogen-bond donors (Lipinski definition) is 2. The number of carbonyl (C=O) groups is 1. The van der Waals surface area contributed by atoms with Crippen LogP contribution in [0.25, 0.3) is 0 Å². The van der Waals surface area contributed by atoms with Crippen molar-refractivity contribution in [2.45, 2.75) is 18.6 Å². The molecule has 0 unspecified atom stereocenters. The first-order valence-electron chi connectivity index (χ1n) is 5.90. The summed E-state index contributed by atoms with van der Waals surface area (Å²) >= 11 is 0. The topological polar surface area (TPSA) is 67.8 Å². The van der Waals surface area contributed by atoms with E-state index in [1.54, 1.807) is 7.11 Å². The van der Waals surface area contributed by atoms with E-state index >= 15 is 0 Å². The predicted octanol–water partition coefficient (Wildman–Crippen LogP) is 1.58. The van der Waals surface area contributed by atoms with E-state index in [1.807, 2.05) is 24.3 Å². The lowest BCUT2D eigenvalue weighted by molar-refractivity contribution is 0.00492. The van der Waals surface area contributed by atoms with Crippen molar-refractivity contribution >= 4 is 6.09 Å². The fourth-order valence-corrected chi connectivity index (χ4v) is 2.30. The van der Waals surface area contributed by atoms with Crippen molar-refractivity contribution in [3.05, 3.63) is 35.4 Å². The molecule has 0 bridgehead atoms. The molecule has 0 heterocycles. The molecular weight excluding hydrogens is 234 g/mol. The Bertz CT molecular complexity index is 421. The minimum atomic E-state index is -1.03. The molecule has 5 heteroatoms. The van der Waals surface area contributed by atoms with Crippen molar-refractivity contribution in [1.82, 2.24) is 5.32 Å². The lowest BCUT2D eigenvalue weighted by Crippen LogP contribution is -2.34. The maximum atomic E-state index is 10.8. The van der Waals surface area contributed by atoms with E-state index in [2.05, 4.69) is 5.32 Å². The zero-order valence-electron chi connectivity index (χ0n) is 10.3. The van der Waals surface area contributed by atoms with Gasteiger partial charge in [-0.1, -0.05) is 24.3 Å². The quantitative estimate of drug-likeness (QED) is 0.780. The Morgan fingerprint density at radius 3 is 2.94 bits per heavy atom. The normalized spacial score (nSPS) is 21.6. The van der Waals surface area contributed by atoms with Crippen LogP contribution < -0.4 is 5.32 Å². The minimum Gasteiger partial charge on any atom is -0.465 e. The third kappa shape index (κ3) is 2.80. The first-order valence-corrected chi connectivity index (χ1v) is 5.90. The van der Waals surface area contributed by atoms with Crippen LogP contribution in [0.2, 0.25) is 0 Å². The zero-order valence-corrected chi connectivity index (χ0v) is 10.3. The molecule has 0 fully saturated rings. The second-order valence-electron chi connectivity index (χ2n) is 4.23. The van der Waals surface area contributed by atoms with Crippen LogP contribution in [0.5, 0.6) is 0 Å². The molecule has 0 aromatic heterocycles. The molecule has 2 atom stereocenters. The Morgan fingerprint density at radius 2 is 2.22 bits per heavy atom. The van der Waals surface area contributed by atoms with Crippen LogP contribution in [0.3, 0.4) is 0 Å². The molecule has 0 radical (unpaired) electrons. The van der Waals surface area contributed by atoms with Gasteiger partial charge in [0, 0.05) is 13.5 Å². The van der Waals surface area contributed by atoms with Crippen LogP contribution in [-0.4, -0.2) is 37.6 Å². The maximum absolute atomic E-state index is 10.8. The number of hydrogen-bond acceptors (Lipinski definition) is 3. The molecule has 0 saturated heterocycles. The third-order valence-electron chi connectivity index (χ3n) is 3.08. The van der Waals surface area contributed by atoms with Crippen molar-refractivity contribution in [2.24, 2.45) is 0 Å². The molecule has 5 nitrogen and oxygen atoms in total. The molecule has 0 saturated carbocycles. The van der Waals surface area contributed by atoms with Gasteiger partial charge in [-0.25, -0.2) is 4.79 Å². The second kappa shape index (κ2) is 5.84. The lowest BCUT2D eigenvalue weighted by Gasteiger charge is -2.20. The highest BCUT2D eigenvalue weighted by atomic mass is 16.5. The Kier molecular flexibility index (Phi) is 4.17. The fraction of sp³-hybridized carbons (Fsp3) is 0.462. The Morgan fingerprint density at radius 1 is 1.44 bits per heavy atom. The molecular formula is C13H17NO4. The smallest absolute Gasteiger partial charge is 0.405 e. The molecule has 1 aromatic carbocycles. The number of fused-ring (bicyclic) bond motifs is 1. The lowest BCUT2D eigenvalue weighted by atomic mass is 10.1. The summed E-state index contributed by atoms with van der Waals surface area (Å²) in [5.41, 5.74) is 2.14. The summed E-state index contributed by atoms with van der Waals surface area (Å²) in [6.07, 6.45) is -0.462. The van der Waals surface area contributed by atoms with E-state index in [0.29, 0.717) is 13.2 Å². The van der Waals surface area contributed by atoms with Gasteiger partial charge in [0.15, 0.2) is 0 Å². The van der Waals surface area contributed by atoms with Crippen molar-refractivity contribution < 1.29 is 19.4 Å². The van der Waals surface area contributed by atoms with Crippen molar-refractivity contribution in [3.8, 4) is 0 Å². The van der Waals surface area contributed by atoms with E-state index in [4.69, 9.17) is 14.6 Å². The number of ether oxygens (including phenoxy) is 2. The Labute approximate surface area is 106 Å². The van der Waals surface area contributed by atoms with Gasteiger partial charge in [0.1, 0.15) is 0 Å². The monoisotopic (exact) mass is 251 g/mol. The average molecular weight is 251 g/mol. The van der Waals surface area contributed by atoms with Crippen molar-refractivity contribution in [3.63, 3.8) is 0 Å². The van der Waals surface area contributed by atoms with Crippen LogP contribution in [0.1, 0.15) is 17.2 Å². The van der Waals surface area contributed by atoms with Crippen LogP contribution >= 0.6 is 0 Å². The predicted molar refractivity (Wildman–Crippen MR) is 65.7 cm³/mol. The third-order valence-corrected chi connectivity index (χ3v) is 3.08. The molecule has 0 aliphatic heterocycles. The summed E-state index contributed by atoms with van der Waals surface area (Å²) in [4.78, 5) is 10.8. The number of amides is 1. The second-order valence-corrected chi connectivity index (χ2v) is 4.23. The molecule has 1 aromatic rings. The summed E-state index contributed by atoms with van der Waals surface area (Å²) < 4.78 is 10.6. The van der Waals surface area contributed by atoms with E-state index in [9.17, 15) is 4.79 Å². The molecule has 18 heavy (non-hydrogen) atoms. The Balaban J connectivity index is 2.09. The molecule has 1 amide bonds. The van der Waals surface area contributed by atoms with Gasteiger partial charge in [-0.15, -0.1) is 0 Å². The number of rotatable bonds is 5. The average Bonchev–Trinajstić information content (AvgIpc) is 2.68. The van der Waals surface area contributed by atoms with Gasteiger partial charge >= 0.3 is 6.09 Å². The number of carboxylic acid groups (broad SMARTS) is 1. The van der Waals surface area contributed by atoms with Gasteiger partial charge in [0.2, 0.25) is 0 Å². The van der Waals surface area contributed by atoms with E-state index in [1.165, 1.54) is 0 Å². The maximum Gasteiger partial charge on any atom is 0.405 e. The molecule has 1 aliphatic carbocycles. The number of benzene rings is 1. The van der Waals surface area contributed by atoms with Gasteiger partial charge in [-0.3, -0.25) is 0 Å². The van der Waals surface area contributed by atoms with E-state index in [-0.39, 0.29) is 12.1 Å². The summed E-state index contributed by atoms with van der Waals surface area (Å²) in [6.45, 7) is 0.972. The first-order chi connectivity index (χ1) is 8.72. The summed E-state index contributed by atoms with van der Waals surface area (Å²) in [5, 5.41) is 11.4. The molecule has 2 rings (SSSR count).